The Hall–Kier alpha value is -1.94. The van der Waals surface area contributed by atoms with E-state index in [1.54, 1.807) is 0 Å². The average molecular weight is 1340 g/mol. The van der Waals surface area contributed by atoms with E-state index in [0.717, 1.165) is 108 Å². The average Bonchev–Trinajstić information content (AvgIpc) is 3.31. The molecule has 0 radical (unpaired) electrons. The quantitative estimate of drug-likeness (QED) is 0.0222. The second-order valence-corrected chi connectivity index (χ2v) is 29.8. The molecule has 0 aliphatic heterocycles. The number of esters is 4. The van der Waals surface area contributed by atoms with E-state index in [1.807, 2.05) is 0 Å². The third-order valence-electron chi connectivity index (χ3n) is 17.4. The number of unbranched alkanes of at least 4 members (excludes halogenated alkanes) is 36. The molecule has 0 amide bonds. The number of ether oxygens (including phenoxy) is 4. The van der Waals surface area contributed by atoms with Crippen molar-refractivity contribution >= 4 is 39.5 Å². The standard InChI is InChI=1S/C72H140O17P2/c1-8-11-12-13-14-15-16-17-18-19-20-25-33-41-48-55-71(76)88-67(59-82-69(74)53-46-39-32-24-22-21-23-30-37-44-51-64(6)9-2)61-86-90(78,79)84-57-66(73)58-85-91(80,81)87-62-68(60-83-70(75)54-47-40-35-28-29-36-43-50-63(4)5)89-72(77)56-49-42-34-27-26-31-38-45-52-65(7)10-3/h63-68,73H,8-62H2,1-7H3,(H,78,79)(H,80,81)/t64?,65?,66-,67-,68-/m1/s1. The number of aliphatic hydroxyl groups excluding tert-OH is 1. The van der Waals surface area contributed by atoms with Crippen LogP contribution in [-0.4, -0.2) is 96.7 Å². The lowest BCUT2D eigenvalue weighted by molar-refractivity contribution is -0.161. The van der Waals surface area contributed by atoms with Crippen molar-refractivity contribution in [3.05, 3.63) is 0 Å². The van der Waals surface area contributed by atoms with E-state index in [4.69, 9.17) is 37.0 Å². The molecule has 0 spiro atoms. The molecular weight excluding hydrogens is 1200 g/mol. The maximum atomic E-state index is 13.0. The molecule has 0 saturated heterocycles. The minimum Gasteiger partial charge on any atom is -0.462 e. The topological polar surface area (TPSA) is 237 Å². The summed E-state index contributed by atoms with van der Waals surface area (Å²) >= 11 is 0. The lowest BCUT2D eigenvalue weighted by Crippen LogP contribution is -2.30. The summed E-state index contributed by atoms with van der Waals surface area (Å²) in [4.78, 5) is 72.6. The molecule has 0 bridgehead atoms. The zero-order chi connectivity index (χ0) is 67.3. The van der Waals surface area contributed by atoms with Gasteiger partial charge in [0.1, 0.15) is 19.3 Å². The van der Waals surface area contributed by atoms with Crippen molar-refractivity contribution in [1.82, 2.24) is 0 Å². The summed E-state index contributed by atoms with van der Waals surface area (Å²) in [7, 11) is -9.91. The second kappa shape index (κ2) is 62.8. The summed E-state index contributed by atoms with van der Waals surface area (Å²) in [5, 5.41) is 10.6. The van der Waals surface area contributed by atoms with Crippen molar-refractivity contribution in [3.8, 4) is 0 Å². The van der Waals surface area contributed by atoms with Crippen LogP contribution in [0.3, 0.4) is 0 Å². The van der Waals surface area contributed by atoms with Crippen LogP contribution in [0.1, 0.15) is 363 Å². The van der Waals surface area contributed by atoms with Gasteiger partial charge in [-0.05, 0) is 43.4 Å². The van der Waals surface area contributed by atoms with Crippen LogP contribution in [0.4, 0.5) is 0 Å². The number of aliphatic hydroxyl groups is 1. The van der Waals surface area contributed by atoms with Crippen molar-refractivity contribution in [2.75, 3.05) is 39.6 Å². The first-order valence-corrected chi connectivity index (χ1v) is 40.4. The number of hydrogen-bond donors (Lipinski definition) is 3. The number of phosphoric acid groups is 2. The molecule has 0 aromatic rings. The van der Waals surface area contributed by atoms with Crippen LogP contribution in [0.2, 0.25) is 0 Å². The minimum atomic E-state index is -4.95. The van der Waals surface area contributed by atoms with Crippen molar-refractivity contribution in [2.45, 2.75) is 381 Å². The van der Waals surface area contributed by atoms with E-state index < -0.39 is 97.5 Å². The zero-order valence-electron chi connectivity index (χ0n) is 59.3. The van der Waals surface area contributed by atoms with Gasteiger partial charge in [0, 0.05) is 25.7 Å². The van der Waals surface area contributed by atoms with Gasteiger partial charge in [0.25, 0.3) is 0 Å². The normalized spacial score (nSPS) is 14.8. The Balaban J connectivity index is 5.27. The highest BCUT2D eigenvalue weighted by atomic mass is 31.2. The number of carbonyl (C=O) groups excluding carboxylic acids is 4. The number of hydrogen-bond acceptors (Lipinski definition) is 15. The monoisotopic (exact) mass is 1340 g/mol. The Morgan fingerprint density at radius 3 is 0.835 bits per heavy atom. The minimum absolute atomic E-state index is 0.104. The third-order valence-corrected chi connectivity index (χ3v) is 19.3. The highest BCUT2D eigenvalue weighted by molar-refractivity contribution is 7.47. The summed E-state index contributed by atoms with van der Waals surface area (Å²) in [6.07, 6.45) is 47.1. The van der Waals surface area contributed by atoms with Crippen molar-refractivity contribution in [2.24, 2.45) is 17.8 Å². The largest absolute Gasteiger partial charge is 0.472 e. The molecule has 0 heterocycles. The van der Waals surface area contributed by atoms with Crippen LogP contribution in [-0.2, 0) is 65.4 Å². The first-order chi connectivity index (χ1) is 43.8. The van der Waals surface area contributed by atoms with Crippen molar-refractivity contribution < 1.29 is 80.2 Å². The van der Waals surface area contributed by atoms with Gasteiger partial charge < -0.3 is 33.8 Å². The van der Waals surface area contributed by atoms with E-state index in [1.165, 1.54) is 167 Å². The Labute approximate surface area is 556 Å². The van der Waals surface area contributed by atoms with Gasteiger partial charge in [-0.15, -0.1) is 0 Å². The first-order valence-electron chi connectivity index (χ1n) is 37.4. The third kappa shape index (κ3) is 63.9. The number of phosphoric ester groups is 2. The van der Waals surface area contributed by atoms with E-state index in [0.29, 0.717) is 31.6 Å². The van der Waals surface area contributed by atoms with Crippen LogP contribution in [0.15, 0.2) is 0 Å². The molecule has 3 N–H and O–H groups in total. The maximum absolute atomic E-state index is 13.0. The maximum Gasteiger partial charge on any atom is 0.472 e. The zero-order valence-corrected chi connectivity index (χ0v) is 61.1. The summed E-state index contributed by atoms with van der Waals surface area (Å²) in [5.74, 6) is 0.160. The predicted molar refractivity (Wildman–Crippen MR) is 368 cm³/mol. The molecule has 4 unspecified atom stereocenters. The van der Waals surface area contributed by atoms with Gasteiger partial charge in [0.05, 0.1) is 26.4 Å². The van der Waals surface area contributed by atoms with Crippen molar-refractivity contribution in [1.29, 1.82) is 0 Å². The lowest BCUT2D eigenvalue weighted by Gasteiger charge is -2.21. The van der Waals surface area contributed by atoms with Crippen LogP contribution < -0.4 is 0 Å². The molecule has 17 nitrogen and oxygen atoms in total. The van der Waals surface area contributed by atoms with Crippen molar-refractivity contribution in [3.63, 3.8) is 0 Å². The Morgan fingerprint density at radius 1 is 0.319 bits per heavy atom. The fourth-order valence-electron chi connectivity index (χ4n) is 10.8. The Kier molecular flexibility index (Phi) is 61.5. The van der Waals surface area contributed by atoms with Gasteiger partial charge in [-0.3, -0.25) is 37.3 Å². The Bertz CT molecular complexity index is 1790. The molecule has 540 valence electrons. The molecule has 19 heteroatoms. The SMILES string of the molecule is CCCCCCCCCCCCCCCCCC(=O)O[C@H](COC(=O)CCCCCCCCCCCCC(C)CC)COP(=O)(O)OC[C@@H](O)COP(=O)(O)OC[C@@H](COC(=O)CCCCCCCCCC(C)C)OC(=O)CCCCCCCCCCC(C)CC. The molecule has 0 aliphatic rings. The fraction of sp³-hybridized carbons (Fsp3) is 0.944. The molecule has 0 rings (SSSR count). The molecular formula is C72H140O17P2. The molecule has 0 fully saturated rings. The van der Waals surface area contributed by atoms with E-state index in [9.17, 15) is 43.2 Å². The van der Waals surface area contributed by atoms with E-state index in [2.05, 4.69) is 48.5 Å². The van der Waals surface area contributed by atoms with Gasteiger partial charge >= 0.3 is 39.5 Å². The molecule has 0 aromatic carbocycles. The van der Waals surface area contributed by atoms with E-state index in [-0.39, 0.29) is 25.7 Å². The number of rotatable bonds is 70. The van der Waals surface area contributed by atoms with Crippen LogP contribution >= 0.6 is 15.6 Å². The van der Waals surface area contributed by atoms with Gasteiger partial charge in [0.15, 0.2) is 12.2 Å². The Morgan fingerprint density at radius 2 is 0.560 bits per heavy atom. The second-order valence-electron chi connectivity index (χ2n) is 26.9. The molecule has 7 atom stereocenters. The summed E-state index contributed by atoms with van der Waals surface area (Å²) in [6.45, 7) is 11.8. The highest BCUT2D eigenvalue weighted by Crippen LogP contribution is 2.45. The molecule has 0 aliphatic carbocycles. The van der Waals surface area contributed by atoms with Gasteiger partial charge in [-0.25, -0.2) is 9.13 Å². The van der Waals surface area contributed by atoms with Gasteiger partial charge in [0.2, 0.25) is 0 Å². The summed E-state index contributed by atoms with van der Waals surface area (Å²) in [6, 6.07) is 0. The van der Waals surface area contributed by atoms with Gasteiger partial charge in [-0.2, -0.15) is 0 Å². The van der Waals surface area contributed by atoms with Gasteiger partial charge in [-0.1, -0.05) is 312 Å². The smallest absolute Gasteiger partial charge is 0.462 e. The first kappa shape index (κ1) is 89.1. The summed E-state index contributed by atoms with van der Waals surface area (Å²) < 4.78 is 68.4. The predicted octanol–water partition coefficient (Wildman–Crippen LogP) is 20.6. The molecule has 91 heavy (non-hydrogen) atoms. The fourth-order valence-corrected chi connectivity index (χ4v) is 12.4. The van der Waals surface area contributed by atoms with Crippen LogP contribution in [0, 0.1) is 17.8 Å². The lowest BCUT2D eigenvalue weighted by atomic mass is 9.99. The molecule has 0 saturated carbocycles. The number of carbonyl (C=O) groups is 4. The highest BCUT2D eigenvalue weighted by Gasteiger charge is 2.30. The van der Waals surface area contributed by atoms with Crippen LogP contribution in [0.5, 0.6) is 0 Å². The van der Waals surface area contributed by atoms with E-state index >= 15 is 0 Å². The van der Waals surface area contributed by atoms with Crippen LogP contribution in [0.25, 0.3) is 0 Å². The summed E-state index contributed by atoms with van der Waals surface area (Å²) in [5.41, 5.74) is 0. The molecule has 0 aromatic heterocycles.